The molecule has 0 aliphatic heterocycles. The molecule has 0 radical (unpaired) electrons. The van der Waals surface area contributed by atoms with Crippen molar-refractivity contribution in [3.63, 3.8) is 0 Å². The molecule has 0 saturated heterocycles. The van der Waals surface area contributed by atoms with Crippen LogP contribution in [-0.2, 0) is 0 Å². The Morgan fingerprint density at radius 3 is 3.11 bits per heavy atom. The predicted octanol–water partition coefficient (Wildman–Crippen LogP) is 0.165. The Kier molecular flexibility index (Phi) is 1.79. The predicted molar refractivity (Wildman–Crippen MR) is 29.8 cm³/mol. The lowest BCUT2D eigenvalue weighted by Crippen LogP contribution is -1.98. The van der Waals surface area contributed by atoms with Crippen LogP contribution in [0.5, 0.6) is 0 Å². The van der Waals surface area contributed by atoms with Gasteiger partial charge in [0.05, 0.1) is 12.5 Å². The fourth-order valence-electron chi connectivity index (χ4n) is 0.477. The van der Waals surface area contributed by atoms with Gasteiger partial charge in [0.25, 0.3) is 0 Å². The Morgan fingerprint density at radius 1 is 1.89 bits per heavy atom. The molecule has 0 fully saturated rings. The van der Waals surface area contributed by atoms with E-state index in [9.17, 15) is 0 Å². The molecular weight excluding hydrogens is 120 g/mol. The molecule has 0 bridgehead atoms. The number of hydrogen-bond acceptors (Lipinski definition) is 4. The van der Waals surface area contributed by atoms with Gasteiger partial charge in [0.2, 0.25) is 5.89 Å². The van der Waals surface area contributed by atoms with Crippen molar-refractivity contribution in [3.8, 4) is 0 Å². The molecule has 0 saturated carbocycles. The SMILES string of the molecule is CC(CO)c1ncno1. The number of nitrogens with zero attached hydrogens (tertiary/aromatic N) is 2. The van der Waals surface area contributed by atoms with Crippen molar-refractivity contribution in [3.05, 3.63) is 12.2 Å². The second-order valence-electron chi connectivity index (χ2n) is 1.86. The molecule has 0 aliphatic rings. The maximum absolute atomic E-state index is 8.58. The Morgan fingerprint density at radius 2 is 2.67 bits per heavy atom. The summed E-state index contributed by atoms with van der Waals surface area (Å²) in [6.07, 6.45) is 1.32. The highest BCUT2D eigenvalue weighted by atomic mass is 16.5. The van der Waals surface area contributed by atoms with Crippen molar-refractivity contribution in [1.29, 1.82) is 0 Å². The molecule has 9 heavy (non-hydrogen) atoms. The molecule has 1 aromatic heterocycles. The summed E-state index contributed by atoms with van der Waals surface area (Å²) in [4.78, 5) is 3.75. The van der Waals surface area contributed by atoms with Crippen molar-refractivity contribution in [2.75, 3.05) is 6.61 Å². The third kappa shape index (κ3) is 1.26. The molecule has 0 spiro atoms. The first kappa shape index (κ1) is 6.22. The first-order valence-electron chi connectivity index (χ1n) is 2.72. The smallest absolute Gasteiger partial charge is 0.231 e. The molecule has 0 aliphatic carbocycles. The second kappa shape index (κ2) is 2.59. The number of aromatic nitrogens is 2. The topological polar surface area (TPSA) is 59.2 Å². The Balaban J connectivity index is 2.65. The van der Waals surface area contributed by atoms with Crippen LogP contribution in [0.15, 0.2) is 10.9 Å². The molecule has 50 valence electrons. The summed E-state index contributed by atoms with van der Waals surface area (Å²) in [7, 11) is 0. The van der Waals surface area contributed by atoms with Crippen molar-refractivity contribution in [2.45, 2.75) is 12.8 Å². The molecule has 0 amide bonds. The maximum Gasteiger partial charge on any atom is 0.231 e. The molecule has 1 aromatic rings. The van der Waals surface area contributed by atoms with Crippen molar-refractivity contribution in [2.24, 2.45) is 0 Å². The van der Waals surface area contributed by atoms with Gasteiger partial charge in [-0.05, 0) is 0 Å². The summed E-state index contributed by atoms with van der Waals surface area (Å²) in [5.74, 6) is 0.435. The van der Waals surface area contributed by atoms with Gasteiger partial charge in [0, 0.05) is 0 Å². The zero-order valence-electron chi connectivity index (χ0n) is 5.11. The van der Waals surface area contributed by atoms with E-state index < -0.39 is 0 Å². The lowest BCUT2D eigenvalue weighted by Gasteiger charge is -1.97. The van der Waals surface area contributed by atoms with Gasteiger partial charge >= 0.3 is 0 Å². The van der Waals surface area contributed by atoms with Gasteiger partial charge in [-0.2, -0.15) is 4.98 Å². The molecule has 1 heterocycles. The van der Waals surface area contributed by atoms with Crippen molar-refractivity contribution in [1.82, 2.24) is 10.1 Å². The first-order valence-corrected chi connectivity index (χ1v) is 2.72. The Labute approximate surface area is 52.5 Å². The van der Waals surface area contributed by atoms with Crippen LogP contribution < -0.4 is 0 Å². The van der Waals surface area contributed by atoms with Crippen LogP contribution in [0, 0.1) is 0 Å². The van der Waals surface area contributed by atoms with Gasteiger partial charge in [-0.1, -0.05) is 12.1 Å². The lowest BCUT2D eigenvalue weighted by atomic mass is 10.2. The van der Waals surface area contributed by atoms with Crippen LogP contribution in [0.1, 0.15) is 18.7 Å². The zero-order valence-corrected chi connectivity index (χ0v) is 5.11. The molecule has 1 N–H and O–H groups in total. The Hall–Kier alpha value is -0.900. The third-order valence-corrected chi connectivity index (χ3v) is 1.07. The largest absolute Gasteiger partial charge is 0.396 e. The average Bonchev–Trinajstić information content (AvgIpc) is 2.37. The van der Waals surface area contributed by atoms with Crippen LogP contribution in [0.3, 0.4) is 0 Å². The summed E-state index contributed by atoms with van der Waals surface area (Å²) < 4.78 is 4.67. The minimum Gasteiger partial charge on any atom is -0.396 e. The van der Waals surface area contributed by atoms with Gasteiger partial charge in [-0.3, -0.25) is 0 Å². The molecule has 4 nitrogen and oxygen atoms in total. The quantitative estimate of drug-likeness (QED) is 0.616. The van der Waals surface area contributed by atoms with E-state index in [0.29, 0.717) is 5.89 Å². The van der Waals surface area contributed by atoms with Gasteiger partial charge in [-0.15, -0.1) is 0 Å². The summed E-state index contributed by atoms with van der Waals surface area (Å²) in [5, 5.41) is 12.0. The van der Waals surface area contributed by atoms with Crippen molar-refractivity contribution < 1.29 is 9.63 Å². The summed E-state index contributed by atoms with van der Waals surface area (Å²) in [6.45, 7) is 1.86. The minimum absolute atomic E-state index is 0.0438. The summed E-state index contributed by atoms with van der Waals surface area (Å²) >= 11 is 0. The second-order valence-corrected chi connectivity index (χ2v) is 1.86. The molecule has 1 rings (SSSR count). The van der Waals surface area contributed by atoms with E-state index in [1.165, 1.54) is 6.33 Å². The first-order chi connectivity index (χ1) is 4.34. The summed E-state index contributed by atoms with van der Waals surface area (Å²) in [6, 6.07) is 0. The number of rotatable bonds is 2. The Bertz CT molecular complexity index is 161. The number of aliphatic hydroxyl groups excluding tert-OH is 1. The summed E-state index contributed by atoms with van der Waals surface area (Å²) in [5.41, 5.74) is 0. The molecule has 1 atom stereocenters. The van der Waals surface area contributed by atoms with Gasteiger partial charge in [0.15, 0.2) is 6.33 Å². The fraction of sp³-hybridized carbons (Fsp3) is 0.600. The van der Waals surface area contributed by atoms with E-state index >= 15 is 0 Å². The van der Waals surface area contributed by atoms with E-state index in [2.05, 4.69) is 14.7 Å². The highest BCUT2D eigenvalue weighted by Crippen LogP contribution is 2.08. The van der Waals surface area contributed by atoms with Crippen LogP contribution in [0.25, 0.3) is 0 Å². The van der Waals surface area contributed by atoms with Crippen LogP contribution >= 0.6 is 0 Å². The normalized spacial score (nSPS) is 13.6. The van der Waals surface area contributed by atoms with Crippen LogP contribution in [0.4, 0.5) is 0 Å². The fourth-order valence-corrected chi connectivity index (χ4v) is 0.477. The standard InChI is InChI=1S/C5H8N2O2/c1-4(2-8)5-6-3-7-9-5/h3-4,8H,2H2,1H3. The average molecular weight is 128 g/mol. The van der Waals surface area contributed by atoms with Gasteiger partial charge in [0.1, 0.15) is 0 Å². The van der Waals surface area contributed by atoms with Gasteiger partial charge < -0.3 is 9.63 Å². The van der Waals surface area contributed by atoms with Crippen LogP contribution in [0.2, 0.25) is 0 Å². The monoisotopic (exact) mass is 128 g/mol. The molecular formula is C5H8N2O2. The van der Waals surface area contributed by atoms with E-state index in [4.69, 9.17) is 5.11 Å². The highest BCUT2D eigenvalue weighted by molar-refractivity contribution is 4.84. The third-order valence-electron chi connectivity index (χ3n) is 1.07. The molecule has 1 unspecified atom stereocenters. The highest BCUT2D eigenvalue weighted by Gasteiger charge is 2.07. The van der Waals surface area contributed by atoms with Gasteiger partial charge in [-0.25, -0.2) is 0 Å². The van der Waals surface area contributed by atoms with E-state index in [1.807, 2.05) is 6.92 Å². The maximum atomic E-state index is 8.58. The zero-order chi connectivity index (χ0) is 6.69. The number of aliphatic hydroxyl groups is 1. The molecule has 0 aromatic carbocycles. The van der Waals surface area contributed by atoms with E-state index in [0.717, 1.165) is 0 Å². The molecule has 4 heteroatoms. The van der Waals surface area contributed by atoms with Crippen molar-refractivity contribution >= 4 is 0 Å². The minimum atomic E-state index is -0.0486. The van der Waals surface area contributed by atoms with E-state index in [-0.39, 0.29) is 12.5 Å². The van der Waals surface area contributed by atoms with Crippen LogP contribution in [-0.4, -0.2) is 21.9 Å². The lowest BCUT2D eigenvalue weighted by molar-refractivity contribution is 0.242. The number of hydrogen-bond donors (Lipinski definition) is 1. The van der Waals surface area contributed by atoms with E-state index in [1.54, 1.807) is 0 Å².